The highest BCUT2D eigenvalue weighted by Gasteiger charge is 2.38. The van der Waals surface area contributed by atoms with E-state index in [0.29, 0.717) is 54.5 Å². The van der Waals surface area contributed by atoms with Crippen molar-refractivity contribution in [3.05, 3.63) is 95.3 Å². The van der Waals surface area contributed by atoms with Gasteiger partial charge in [-0.05, 0) is 87.6 Å². The summed E-state index contributed by atoms with van der Waals surface area (Å²) in [6.45, 7) is 1.24. The monoisotopic (exact) mass is 676 g/mol. The first-order chi connectivity index (χ1) is 22.4. The summed E-state index contributed by atoms with van der Waals surface area (Å²) in [5.74, 6) is 0.0431. The molecule has 3 aromatic carbocycles. The molecule has 0 N–H and O–H groups in total. The van der Waals surface area contributed by atoms with E-state index < -0.39 is 28.9 Å². The molecule has 252 valence electrons. The molecular weight excluding hydrogens is 639 g/mol. The number of alkyl halides is 3. The second kappa shape index (κ2) is 14.4. The molecule has 7 nitrogen and oxygen atoms in total. The van der Waals surface area contributed by atoms with Gasteiger partial charge in [0.25, 0.3) is 0 Å². The molecule has 0 radical (unpaired) electrons. The highest BCUT2D eigenvalue weighted by molar-refractivity contribution is 8.00. The van der Waals surface area contributed by atoms with Crippen LogP contribution in [0.2, 0.25) is 0 Å². The van der Waals surface area contributed by atoms with Crippen LogP contribution in [0.1, 0.15) is 36.0 Å². The van der Waals surface area contributed by atoms with Crippen LogP contribution in [0.3, 0.4) is 0 Å². The Balaban J connectivity index is 1.36. The number of aryl methyl sites for hydroxylation is 1. The lowest BCUT2D eigenvalue weighted by Crippen LogP contribution is -2.56. The fourth-order valence-electron chi connectivity index (χ4n) is 5.96. The number of nitrogens with zero attached hydrogens (tertiary/aromatic N) is 4. The van der Waals surface area contributed by atoms with Gasteiger partial charge in [0.2, 0.25) is 0 Å². The first-order valence-electron chi connectivity index (χ1n) is 15.1. The van der Waals surface area contributed by atoms with Crippen LogP contribution in [-0.2, 0) is 19.1 Å². The molecule has 2 heterocycles. The van der Waals surface area contributed by atoms with Crippen molar-refractivity contribution in [2.24, 2.45) is 0 Å². The number of benzene rings is 3. The Bertz CT molecular complexity index is 1630. The maximum atomic E-state index is 15.8. The van der Waals surface area contributed by atoms with Crippen molar-refractivity contribution < 1.29 is 35.9 Å². The first-order valence-corrected chi connectivity index (χ1v) is 15.8. The number of likely N-dealkylation sites (N-methyl/N-ethyl adjacent to an activating group) is 1. The number of hydrogen-bond acceptors (Lipinski definition) is 8. The zero-order chi connectivity index (χ0) is 33.8. The zero-order valence-electron chi connectivity index (χ0n) is 26.6. The Morgan fingerprint density at radius 1 is 1.00 bits per heavy atom. The van der Waals surface area contributed by atoms with Crippen molar-refractivity contribution >= 4 is 23.5 Å². The molecule has 0 saturated carbocycles. The van der Waals surface area contributed by atoms with Gasteiger partial charge in [0, 0.05) is 42.0 Å². The zero-order valence-corrected chi connectivity index (χ0v) is 27.4. The quantitative estimate of drug-likeness (QED) is 0.110. The van der Waals surface area contributed by atoms with E-state index in [1.165, 1.54) is 37.6 Å². The number of methoxy groups -OCH3 is 2. The number of hydrogen-bond donors (Lipinski definition) is 0. The molecule has 0 bridgehead atoms. The molecule has 47 heavy (non-hydrogen) atoms. The summed E-state index contributed by atoms with van der Waals surface area (Å²) in [4.78, 5) is 3.82. The molecule has 1 saturated heterocycles. The van der Waals surface area contributed by atoms with Gasteiger partial charge in [0.15, 0.2) is 5.82 Å². The molecule has 0 aliphatic carbocycles. The Morgan fingerprint density at radius 2 is 1.77 bits per heavy atom. The van der Waals surface area contributed by atoms with Crippen LogP contribution < -0.4 is 18.7 Å². The molecule has 1 aromatic heterocycles. The third kappa shape index (κ3) is 7.95. The lowest BCUT2D eigenvalue weighted by molar-refractivity contribution is -0.137. The second-order valence-electron chi connectivity index (χ2n) is 11.7. The molecule has 1 aliphatic rings. The lowest BCUT2D eigenvalue weighted by Gasteiger charge is -2.48. The summed E-state index contributed by atoms with van der Waals surface area (Å²) in [7, 11) is 6.95. The highest BCUT2D eigenvalue weighted by Crippen LogP contribution is 2.39. The van der Waals surface area contributed by atoms with E-state index in [9.17, 15) is 13.2 Å². The Labute approximate surface area is 275 Å². The van der Waals surface area contributed by atoms with Crippen molar-refractivity contribution in [1.29, 1.82) is 0 Å². The van der Waals surface area contributed by atoms with Crippen LogP contribution in [0.5, 0.6) is 11.5 Å². The molecule has 5 rings (SSSR count). The second-order valence-corrected chi connectivity index (χ2v) is 12.8. The van der Waals surface area contributed by atoms with Crippen LogP contribution in [0.4, 0.5) is 33.5 Å². The topological polar surface area (TPSA) is 54.2 Å². The van der Waals surface area contributed by atoms with Gasteiger partial charge in [-0.15, -0.1) is 0 Å². The summed E-state index contributed by atoms with van der Waals surface area (Å²) in [5, 5.41) is 3.99. The van der Waals surface area contributed by atoms with Crippen molar-refractivity contribution in [3.63, 3.8) is 0 Å². The fraction of sp³-hybridized carbons (Fsp3) is 0.382. The van der Waals surface area contributed by atoms with Gasteiger partial charge in [-0.3, -0.25) is 4.31 Å². The predicted octanol–water partition coefficient (Wildman–Crippen LogP) is 8.24. The van der Waals surface area contributed by atoms with Crippen molar-refractivity contribution in [3.8, 4) is 11.5 Å². The van der Waals surface area contributed by atoms with Gasteiger partial charge in [-0.25, -0.2) is 8.78 Å². The minimum absolute atomic E-state index is 0.189. The van der Waals surface area contributed by atoms with E-state index in [4.69, 9.17) is 14.0 Å². The third-order valence-corrected chi connectivity index (χ3v) is 9.78. The molecule has 0 amide bonds. The largest absolute Gasteiger partial charge is 0.497 e. The van der Waals surface area contributed by atoms with Crippen molar-refractivity contribution in [2.75, 3.05) is 50.6 Å². The Kier molecular flexibility index (Phi) is 10.5. The number of rotatable bonds is 12. The summed E-state index contributed by atoms with van der Waals surface area (Å²) in [6.07, 6.45) is -0.461. The van der Waals surface area contributed by atoms with E-state index >= 15 is 8.78 Å². The smallest absolute Gasteiger partial charge is 0.416 e. The SMILES string of the molecule is COc1ccc(CN(Sc2c(F)cc(N3CCCC(CCc4cccc(C(F)(F)F)c4)(N(C)C)C3)cc2F)c2ccon2)c(OC)c1. The van der Waals surface area contributed by atoms with Crippen molar-refractivity contribution in [2.45, 2.75) is 48.8 Å². The summed E-state index contributed by atoms with van der Waals surface area (Å²) in [6, 6.07) is 15.0. The average molecular weight is 677 g/mol. The number of anilines is 2. The fourth-order valence-corrected chi connectivity index (χ4v) is 6.87. The highest BCUT2D eigenvalue weighted by atomic mass is 32.2. The van der Waals surface area contributed by atoms with Crippen LogP contribution in [-0.4, -0.2) is 57.0 Å². The molecule has 1 fully saturated rings. The average Bonchev–Trinajstić information content (AvgIpc) is 3.60. The van der Waals surface area contributed by atoms with Gasteiger partial charge < -0.3 is 23.8 Å². The minimum atomic E-state index is -4.41. The van der Waals surface area contributed by atoms with Crippen LogP contribution in [0, 0.1) is 11.6 Å². The van der Waals surface area contributed by atoms with Crippen LogP contribution in [0.25, 0.3) is 0 Å². The molecule has 4 aromatic rings. The normalized spacial score (nSPS) is 16.9. The maximum Gasteiger partial charge on any atom is 0.416 e. The predicted molar refractivity (Wildman–Crippen MR) is 172 cm³/mol. The number of halogens is 5. The van der Waals surface area contributed by atoms with E-state index in [2.05, 4.69) is 10.1 Å². The van der Waals surface area contributed by atoms with Gasteiger partial charge in [0.1, 0.15) is 34.3 Å². The third-order valence-electron chi connectivity index (χ3n) is 8.67. The van der Waals surface area contributed by atoms with Gasteiger partial charge in [0.05, 0.1) is 26.3 Å². The molecular formula is C34H37F5N4O3S. The van der Waals surface area contributed by atoms with Gasteiger partial charge >= 0.3 is 6.18 Å². The first kappa shape index (κ1) is 34.4. The van der Waals surface area contributed by atoms with E-state index in [1.54, 1.807) is 35.7 Å². The lowest BCUT2D eigenvalue weighted by atomic mass is 9.82. The van der Waals surface area contributed by atoms with Crippen LogP contribution >= 0.6 is 11.9 Å². The van der Waals surface area contributed by atoms with Crippen LogP contribution in [0.15, 0.2) is 76.3 Å². The molecule has 1 unspecified atom stereocenters. The van der Waals surface area contributed by atoms with Gasteiger partial charge in [-0.2, -0.15) is 13.2 Å². The molecule has 13 heteroatoms. The Hall–Kier alpha value is -3.97. The summed E-state index contributed by atoms with van der Waals surface area (Å²) < 4.78 is 88.9. The summed E-state index contributed by atoms with van der Waals surface area (Å²) in [5.41, 5.74) is 0.654. The van der Waals surface area contributed by atoms with Gasteiger partial charge in [-0.1, -0.05) is 23.4 Å². The van der Waals surface area contributed by atoms with Crippen molar-refractivity contribution in [1.82, 2.24) is 10.1 Å². The number of aromatic nitrogens is 1. The standard InChI is InChI=1S/C34H37F5N4O3S/c1-41(2)33(14-11-23-7-5-8-25(17-23)34(37,38)39)13-6-15-42(22-33)26-18-28(35)32(29(36)19-26)47-43(31-12-16-46-40-31)21-24-9-10-27(44-3)20-30(24)45-4/h5,7-10,12,16-20H,6,11,13-15,21-22H2,1-4H3. The number of ether oxygens (including phenoxy) is 2. The maximum absolute atomic E-state index is 15.8. The number of piperidine rings is 1. The minimum Gasteiger partial charge on any atom is -0.497 e. The van der Waals surface area contributed by atoms with E-state index in [-0.39, 0.29) is 11.4 Å². The Morgan fingerprint density at radius 3 is 2.40 bits per heavy atom. The van der Waals surface area contributed by atoms with E-state index in [0.717, 1.165) is 36.4 Å². The van der Waals surface area contributed by atoms with E-state index in [1.807, 2.05) is 25.1 Å². The molecule has 0 spiro atoms. The molecule has 1 aliphatic heterocycles. The molecule has 1 atom stereocenters. The summed E-state index contributed by atoms with van der Waals surface area (Å²) >= 11 is 0.859.